The lowest BCUT2D eigenvalue weighted by Crippen LogP contribution is -2.56. The molecule has 0 aromatic carbocycles. The molecule has 3 aliphatic heterocycles. The lowest BCUT2D eigenvalue weighted by Gasteiger charge is -2.40. The third-order valence-corrected chi connectivity index (χ3v) is 5.08. The van der Waals surface area contributed by atoms with Gasteiger partial charge < -0.3 is 5.32 Å². The molecule has 0 bridgehead atoms. The summed E-state index contributed by atoms with van der Waals surface area (Å²) in [4.78, 5) is 5.55. The van der Waals surface area contributed by atoms with Gasteiger partial charge in [0.05, 0.1) is 0 Å². The van der Waals surface area contributed by atoms with E-state index in [1.165, 1.54) is 58.4 Å². The minimum absolute atomic E-state index is 0.731. The Hall–Kier alpha value is -0.120. The molecule has 3 heterocycles. The summed E-state index contributed by atoms with van der Waals surface area (Å²) in [5.41, 5.74) is 0. The highest BCUT2D eigenvalue weighted by molar-refractivity contribution is 4.98. The molecule has 3 rings (SSSR count). The highest BCUT2D eigenvalue weighted by Crippen LogP contribution is 2.31. The summed E-state index contributed by atoms with van der Waals surface area (Å²) in [6.07, 6.45) is 5.63. The van der Waals surface area contributed by atoms with Gasteiger partial charge >= 0.3 is 0 Å². The molecular weight excluding hydrogens is 222 g/mol. The summed E-state index contributed by atoms with van der Waals surface area (Å²) in [6.45, 7) is 11.2. The highest BCUT2D eigenvalue weighted by atomic mass is 15.3. The predicted octanol–water partition coefficient (Wildman–Crippen LogP) is 1.54. The van der Waals surface area contributed by atoms with Crippen molar-refractivity contribution in [2.45, 2.75) is 57.7 Å². The summed E-state index contributed by atoms with van der Waals surface area (Å²) in [7, 11) is 0. The second-order valence-electron chi connectivity index (χ2n) is 6.88. The van der Waals surface area contributed by atoms with E-state index in [1.807, 2.05) is 0 Å². The van der Waals surface area contributed by atoms with Crippen LogP contribution in [0.25, 0.3) is 0 Å². The van der Waals surface area contributed by atoms with E-state index in [4.69, 9.17) is 0 Å². The Bertz CT molecular complexity index is 279. The molecule has 3 nitrogen and oxygen atoms in total. The van der Waals surface area contributed by atoms with Gasteiger partial charge in [-0.3, -0.25) is 9.80 Å². The number of fused-ring (bicyclic) bond motifs is 1. The van der Waals surface area contributed by atoms with Crippen molar-refractivity contribution in [2.75, 3.05) is 32.7 Å². The number of rotatable bonds is 3. The van der Waals surface area contributed by atoms with E-state index in [1.54, 1.807) is 0 Å². The van der Waals surface area contributed by atoms with Gasteiger partial charge in [-0.2, -0.15) is 0 Å². The van der Waals surface area contributed by atoms with E-state index in [2.05, 4.69) is 29.0 Å². The number of nitrogens with zero attached hydrogens (tertiary/aromatic N) is 2. The van der Waals surface area contributed by atoms with Gasteiger partial charge in [0.15, 0.2) is 0 Å². The van der Waals surface area contributed by atoms with Crippen molar-refractivity contribution in [3.8, 4) is 0 Å². The highest BCUT2D eigenvalue weighted by Gasteiger charge is 2.41. The molecule has 0 aliphatic carbocycles. The number of piperazine rings is 1. The van der Waals surface area contributed by atoms with Crippen LogP contribution in [0.1, 0.15) is 39.5 Å². The molecule has 3 atom stereocenters. The van der Waals surface area contributed by atoms with Gasteiger partial charge in [-0.05, 0) is 38.1 Å². The minimum atomic E-state index is 0.731. The largest absolute Gasteiger partial charge is 0.311 e. The number of hydrogen-bond acceptors (Lipinski definition) is 3. The molecule has 0 radical (unpaired) electrons. The van der Waals surface area contributed by atoms with Gasteiger partial charge in [-0.25, -0.2) is 0 Å². The van der Waals surface area contributed by atoms with Crippen LogP contribution in [0.4, 0.5) is 0 Å². The molecule has 3 heteroatoms. The van der Waals surface area contributed by atoms with E-state index >= 15 is 0 Å². The molecule has 1 N–H and O–H groups in total. The van der Waals surface area contributed by atoms with Gasteiger partial charge in [0.2, 0.25) is 0 Å². The first-order valence-corrected chi connectivity index (χ1v) is 7.95. The predicted molar refractivity (Wildman–Crippen MR) is 75.8 cm³/mol. The zero-order chi connectivity index (χ0) is 12.5. The Morgan fingerprint density at radius 1 is 1.06 bits per heavy atom. The number of nitrogens with one attached hydrogen (secondary N) is 1. The van der Waals surface area contributed by atoms with Crippen LogP contribution in [-0.2, 0) is 0 Å². The Kier molecular flexibility index (Phi) is 3.92. The maximum atomic E-state index is 3.71. The van der Waals surface area contributed by atoms with Crippen LogP contribution in [0.3, 0.4) is 0 Å². The fourth-order valence-electron chi connectivity index (χ4n) is 4.36. The normalized spacial score (nSPS) is 38.5. The van der Waals surface area contributed by atoms with Crippen molar-refractivity contribution >= 4 is 0 Å². The van der Waals surface area contributed by atoms with Gasteiger partial charge in [-0.1, -0.05) is 13.8 Å². The monoisotopic (exact) mass is 251 g/mol. The maximum absolute atomic E-state index is 3.71. The summed E-state index contributed by atoms with van der Waals surface area (Å²) < 4.78 is 0. The van der Waals surface area contributed by atoms with E-state index in [9.17, 15) is 0 Å². The van der Waals surface area contributed by atoms with Gasteiger partial charge in [0.25, 0.3) is 0 Å². The lowest BCUT2D eigenvalue weighted by molar-refractivity contribution is 0.114. The maximum Gasteiger partial charge on any atom is 0.0264 e. The van der Waals surface area contributed by atoms with Crippen LogP contribution in [0.2, 0.25) is 0 Å². The molecular formula is C15H29N3. The fraction of sp³-hybridized carbons (Fsp3) is 1.00. The molecule has 0 aromatic heterocycles. The molecule has 3 fully saturated rings. The minimum Gasteiger partial charge on any atom is -0.311 e. The second kappa shape index (κ2) is 5.48. The van der Waals surface area contributed by atoms with Crippen LogP contribution in [0, 0.1) is 5.92 Å². The molecule has 3 saturated heterocycles. The van der Waals surface area contributed by atoms with Crippen LogP contribution in [0.15, 0.2) is 0 Å². The van der Waals surface area contributed by atoms with Crippen LogP contribution >= 0.6 is 0 Å². The van der Waals surface area contributed by atoms with E-state index in [0.29, 0.717) is 0 Å². The lowest BCUT2D eigenvalue weighted by atomic mass is 9.98. The topological polar surface area (TPSA) is 18.5 Å². The molecule has 3 aliphatic rings. The third kappa shape index (κ3) is 2.59. The molecule has 0 spiro atoms. The van der Waals surface area contributed by atoms with E-state index < -0.39 is 0 Å². The van der Waals surface area contributed by atoms with Crippen molar-refractivity contribution < 1.29 is 0 Å². The van der Waals surface area contributed by atoms with Crippen LogP contribution in [-0.4, -0.2) is 60.6 Å². The summed E-state index contributed by atoms with van der Waals surface area (Å²) in [5.74, 6) is 0.814. The van der Waals surface area contributed by atoms with Gasteiger partial charge in [-0.15, -0.1) is 0 Å². The zero-order valence-corrected chi connectivity index (χ0v) is 12.1. The Labute approximate surface area is 112 Å². The Balaban J connectivity index is 1.58. The van der Waals surface area contributed by atoms with E-state index in [-0.39, 0.29) is 0 Å². The molecule has 0 aromatic rings. The average molecular weight is 251 g/mol. The summed E-state index contributed by atoms with van der Waals surface area (Å²) in [6, 6.07) is 2.49. The fourth-order valence-corrected chi connectivity index (χ4v) is 4.36. The van der Waals surface area contributed by atoms with Gasteiger partial charge in [0, 0.05) is 44.3 Å². The first-order valence-electron chi connectivity index (χ1n) is 7.95. The van der Waals surface area contributed by atoms with Crippen molar-refractivity contribution in [1.82, 2.24) is 15.1 Å². The van der Waals surface area contributed by atoms with Crippen molar-refractivity contribution in [3.63, 3.8) is 0 Å². The number of hydrogen-bond donors (Lipinski definition) is 1. The Morgan fingerprint density at radius 2 is 1.89 bits per heavy atom. The molecule has 18 heavy (non-hydrogen) atoms. The molecule has 0 saturated carbocycles. The molecule has 0 amide bonds. The quantitative estimate of drug-likeness (QED) is 0.821. The SMILES string of the molecule is CC(C)CC1CN(C2CCN3CCCC23)CCN1. The van der Waals surface area contributed by atoms with Crippen LogP contribution in [0.5, 0.6) is 0 Å². The smallest absolute Gasteiger partial charge is 0.0264 e. The van der Waals surface area contributed by atoms with E-state index in [0.717, 1.165) is 24.0 Å². The summed E-state index contributed by atoms with van der Waals surface area (Å²) in [5, 5.41) is 3.71. The first-order chi connectivity index (χ1) is 8.74. The van der Waals surface area contributed by atoms with Crippen molar-refractivity contribution in [2.24, 2.45) is 5.92 Å². The first kappa shape index (κ1) is 12.9. The third-order valence-electron chi connectivity index (χ3n) is 5.08. The van der Waals surface area contributed by atoms with Crippen LogP contribution < -0.4 is 5.32 Å². The second-order valence-corrected chi connectivity index (χ2v) is 6.88. The molecule has 104 valence electrons. The molecule has 3 unspecified atom stereocenters. The van der Waals surface area contributed by atoms with Crippen molar-refractivity contribution in [1.29, 1.82) is 0 Å². The summed E-state index contributed by atoms with van der Waals surface area (Å²) >= 11 is 0. The zero-order valence-electron chi connectivity index (χ0n) is 12.1. The van der Waals surface area contributed by atoms with Crippen molar-refractivity contribution in [3.05, 3.63) is 0 Å². The standard InChI is InChI=1S/C15H29N3/c1-12(2)10-13-11-18(9-6-16-13)15-5-8-17-7-3-4-14(15)17/h12-16H,3-11H2,1-2H3. The Morgan fingerprint density at radius 3 is 2.72 bits per heavy atom. The van der Waals surface area contributed by atoms with Gasteiger partial charge in [0.1, 0.15) is 0 Å². The average Bonchev–Trinajstić information content (AvgIpc) is 2.89.